The molecule has 1 saturated heterocycles. The average Bonchev–Trinajstić information content (AvgIpc) is 2.73. The zero-order chi connectivity index (χ0) is 9.31. The van der Waals surface area contributed by atoms with E-state index in [1.165, 1.54) is 12.1 Å². The Morgan fingerprint density at radius 2 is 2.62 bits per heavy atom. The van der Waals surface area contributed by atoms with E-state index in [2.05, 4.69) is 22.0 Å². The Hall–Kier alpha value is -1.03. The minimum Gasteiger partial charge on any atom is -0.368 e. The molecule has 3 N–H and O–H groups in total. The molecular formula is C9H16N4. The number of hydrogen-bond acceptors (Lipinski definition) is 3. The van der Waals surface area contributed by atoms with Crippen LogP contribution >= 0.6 is 0 Å². The summed E-state index contributed by atoms with van der Waals surface area (Å²) in [6, 6.07) is 0. The highest BCUT2D eigenvalue weighted by molar-refractivity contribution is 5.43. The summed E-state index contributed by atoms with van der Waals surface area (Å²) in [6.07, 6.45) is 4.97. The molecule has 1 aromatic heterocycles. The monoisotopic (exact) mass is 180 g/mol. The molecule has 1 aromatic rings. The predicted molar refractivity (Wildman–Crippen MR) is 52.6 cm³/mol. The van der Waals surface area contributed by atoms with Crippen molar-refractivity contribution in [3.63, 3.8) is 0 Å². The molecule has 4 heteroatoms. The first-order chi connectivity index (χ1) is 6.23. The fourth-order valence-corrected chi connectivity index (χ4v) is 1.83. The van der Waals surface area contributed by atoms with Gasteiger partial charge in [0.2, 0.25) is 0 Å². The molecule has 1 fully saturated rings. The van der Waals surface area contributed by atoms with Gasteiger partial charge in [-0.2, -0.15) is 5.10 Å². The van der Waals surface area contributed by atoms with Gasteiger partial charge in [0.05, 0.1) is 11.9 Å². The molecule has 0 saturated carbocycles. The Bertz CT molecular complexity index is 269. The second-order valence-corrected chi connectivity index (χ2v) is 4.14. The predicted octanol–water partition coefficient (Wildman–Crippen LogP) is 0.585. The van der Waals surface area contributed by atoms with Gasteiger partial charge in [-0.3, -0.25) is 5.10 Å². The van der Waals surface area contributed by atoms with E-state index in [0.717, 1.165) is 19.6 Å². The second-order valence-electron chi connectivity index (χ2n) is 4.14. The van der Waals surface area contributed by atoms with Crippen molar-refractivity contribution < 1.29 is 0 Å². The molecule has 0 spiro atoms. The van der Waals surface area contributed by atoms with Crippen molar-refractivity contribution >= 4 is 5.69 Å². The Morgan fingerprint density at radius 1 is 1.77 bits per heavy atom. The standard InChI is InChI=1S/C9H16N4/c1-9(6-10)2-3-13(7-9)8-4-11-12-5-8/h4-5H,2-3,6-7,10H2,1H3,(H,11,12). The average molecular weight is 180 g/mol. The van der Waals surface area contributed by atoms with Crippen molar-refractivity contribution in [3.8, 4) is 0 Å². The Labute approximate surface area is 78.1 Å². The van der Waals surface area contributed by atoms with Crippen LogP contribution in [0.4, 0.5) is 5.69 Å². The van der Waals surface area contributed by atoms with Crippen molar-refractivity contribution in [2.45, 2.75) is 13.3 Å². The highest BCUT2D eigenvalue weighted by Gasteiger charge is 2.32. The van der Waals surface area contributed by atoms with Crippen molar-refractivity contribution in [3.05, 3.63) is 12.4 Å². The lowest BCUT2D eigenvalue weighted by molar-refractivity contribution is 0.383. The molecule has 0 bridgehead atoms. The SMILES string of the molecule is CC1(CN)CCN(c2cn[nH]c2)C1. The summed E-state index contributed by atoms with van der Waals surface area (Å²) in [7, 11) is 0. The van der Waals surface area contributed by atoms with Gasteiger partial charge >= 0.3 is 0 Å². The third-order valence-corrected chi connectivity index (χ3v) is 2.90. The van der Waals surface area contributed by atoms with E-state index in [9.17, 15) is 0 Å². The van der Waals surface area contributed by atoms with Crippen LogP contribution in [0.15, 0.2) is 12.4 Å². The third-order valence-electron chi connectivity index (χ3n) is 2.90. The summed E-state index contributed by atoms with van der Waals surface area (Å²) in [5.74, 6) is 0. The summed E-state index contributed by atoms with van der Waals surface area (Å²) in [6.45, 7) is 5.14. The summed E-state index contributed by atoms with van der Waals surface area (Å²) in [5, 5.41) is 6.77. The van der Waals surface area contributed by atoms with E-state index in [4.69, 9.17) is 5.73 Å². The lowest BCUT2D eigenvalue weighted by Crippen LogP contribution is -2.31. The maximum Gasteiger partial charge on any atom is 0.0749 e. The number of aromatic nitrogens is 2. The molecule has 4 nitrogen and oxygen atoms in total. The van der Waals surface area contributed by atoms with Crippen molar-refractivity contribution in [2.24, 2.45) is 11.1 Å². The van der Waals surface area contributed by atoms with Crippen LogP contribution in [-0.2, 0) is 0 Å². The maximum atomic E-state index is 5.73. The first kappa shape index (κ1) is 8.56. The fraction of sp³-hybridized carbons (Fsp3) is 0.667. The molecule has 72 valence electrons. The normalized spacial score (nSPS) is 28.3. The zero-order valence-electron chi connectivity index (χ0n) is 7.95. The van der Waals surface area contributed by atoms with E-state index in [1.54, 1.807) is 0 Å². The lowest BCUT2D eigenvalue weighted by Gasteiger charge is -2.22. The van der Waals surface area contributed by atoms with Crippen molar-refractivity contribution in [1.29, 1.82) is 0 Å². The number of nitrogens with zero attached hydrogens (tertiary/aromatic N) is 2. The molecule has 2 heterocycles. The minimum atomic E-state index is 0.289. The smallest absolute Gasteiger partial charge is 0.0749 e. The molecule has 1 aliphatic heterocycles. The number of aromatic amines is 1. The van der Waals surface area contributed by atoms with Gasteiger partial charge in [0.15, 0.2) is 0 Å². The van der Waals surface area contributed by atoms with Crippen LogP contribution in [0.2, 0.25) is 0 Å². The van der Waals surface area contributed by atoms with Crippen LogP contribution in [0.5, 0.6) is 0 Å². The van der Waals surface area contributed by atoms with Gasteiger partial charge in [0.25, 0.3) is 0 Å². The molecule has 1 atom stereocenters. The molecule has 0 aliphatic carbocycles. The second kappa shape index (κ2) is 3.03. The van der Waals surface area contributed by atoms with Gasteiger partial charge < -0.3 is 10.6 Å². The van der Waals surface area contributed by atoms with E-state index < -0.39 is 0 Å². The molecule has 2 rings (SSSR count). The molecule has 0 amide bonds. The van der Waals surface area contributed by atoms with Gasteiger partial charge in [-0.15, -0.1) is 0 Å². The Kier molecular flexibility index (Phi) is 2.00. The lowest BCUT2D eigenvalue weighted by atomic mass is 9.90. The first-order valence-corrected chi connectivity index (χ1v) is 4.67. The summed E-state index contributed by atoms with van der Waals surface area (Å²) < 4.78 is 0. The number of nitrogens with one attached hydrogen (secondary N) is 1. The number of nitrogens with two attached hydrogens (primary N) is 1. The minimum absolute atomic E-state index is 0.289. The van der Waals surface area contributed by atoms with Crippen LogP contribution in [0, 0.1) is 5.41 Å². The highest BCUT2D eigenvalue weighted by atomic mass is 15.2. The maximum absolute atomic E-state index is 5.73. The third kappa shape index (κ3) is 1.54. The van der Waals surface area contributed by atoms with Gasteiger partial charge in [0, 0.05) is 19.3 Å². The first-order valence-electron chi connectivity index (χ1n) is 4.67. The summed E-state index contributed by atoms with van der Waals surface area (Å²) in [5.41, 5.74) is 7.20. The molecule has 1 unspecified atom stereocenters. The molecule has 0 radical (unpaired) electrons. The number of rotatable bonds is 2. The van der Waals surface area contributed by atoms with Crippen LogP contribution in [-0.4, -0.2) is 29.8 Å². The number of H-pyrrole nitrogens is 1. The van der Waals surface area contributed by atoms with Gasteiger partial charge in [-0.1, -0.05) is 6.92 Å². The topological polar surface area (TPSA) is 57.9 Å². The molecular weight excluding hydrogens is 164 g/mol. The Balaban J connectivity index is 2.07. The Morgan fingerprint density at radius 3 is 3.15 bits per heavy atom. The molecule has 1 aliphatic rings. The van der Waals surface area contributed by atoms with Gasteiger partial charge in [0.1, 0.15) is 0 Å². The zero-order valence-corrected chi connectivity index (χ0v) is 7.95. The summed E-state index contributed by atoms with van der Waals surface area (Å²) in [4.78, 5) is 2.33. The molecule has 0 aromatic carbocycles. The van der Waals surface area contributed by atoms with Gasteiger partial charge in [-0.25, -0.2) is 0 Å². The van der Waals surface area contributed by atoms with Crippen LogP contribution in [0.25, 0.3) is 0 Å². The van der Waals surface area contributed by atoms with Crippen LogP contribution < -0.4 is 10.6 Å². The van der Waals surface area contributed by atoms with E-state index in [0.29, 0.717) is 0 Å². The largest absolute Gasteiger partial charge is 0.368 e. The van der Waals surface area contributed by atoms with E-state index >= 15 is 0 Å². The van der Waals surface area contributed by atoms with Crippen LogP contribution in [0.1, 0.15) is 13.3 Å². The molecule has 13 heavy (non-hydrogen) atoms. The van der Waals surface area contributed by atoms with Crippen molar-refractivity contribution in [1.82, 2.24) is 10.2 Å². The van der Waals surface area contributed by atoms with Crippen LogP contribution in [0.3, 0.4) is 0 Å². The van der Waals surface area contributed by atoms with Crippen molar-refractivity contribution in [2.75, 3.05) is 24.5 Å². The quantitative estimate of drug-likeness (QED) is 0.700. The van der Waals surface area contributed by atoms with E-state index in [1.807, 2.05) is 12.4 Å². The highest BCUT2D eigenvalue weighted by Crippen LogP contribution is 2.31. The van der Waals surface area contributed by atoms with E-state index in [-0.39, 0.29) is 5.41 Å². The number of hydrogen-bond donors (Lipinski definition) is 2. The summed E-state index contributed by atoms with van der Waals surface area (Å²) >= 11 is 0. The fourth-order valence-electron chi connectivity index (χ4n) is 1.83. The van der Waals surface area contributed by atoms with Gasteiger partial charge in [-0.05, 0) is 18.4 Å². The number of anilines is 1.